The van der Waals surface area contributed by atoms with Gasteiger partial charge in [-0.3, -0.25) is 4.79 Å². The Morgan fingerprint density at radius 2 is 1.91 bits per heavy atom. The van der Waals surface area contributed by atoms with Crippen molar-refractivity contribution in [2.75, 3.05) is 13.2 Å². The zero-order valence-corrected chi connectivity index (χ0v) is 13.5. The van der Waals surface area contributed by atoms with Crippen molar-refractivity contribution >= 4 is 17.2 Å². The van der Waals surface area contributed by atoms with E-state index in [2.05, 4.69) is 5.32 Å². The third-order valence-corrected chi connectivity index (χ3v) is 4.61. The highest BCUT2D eigenvalue weighted by Crippen LogP contribution is 2.28. The van der Waals surface area contributed by atoms with Gasteiger partial charge >= 0.3 is 0 Å². The maximum atomic E-state index is 12.9. The van der Waals surface area contributed by atoms with E-state index in [-0.39, 0.29) is 23.7 Å². The average molecular weight is 321 g/mol. The van der Waals surface area contributed by atoms with Crippen molar-refractivity contribution in [2.45, 2.75) is 20.3 Å². The number of aliphatic hydroxyl groups excluding tert-OH is 1. The minimum atomic E-state index is -0.274. The van der Waals surface area contributed by atoms with E-state index >= 15 is 0 Å². The largest absolute Gasteiger partial charge is 0.396 e. The second-order valence-electron chi connectivity index (χ2n) is 5.99. The molecule has 0 saturated carbocycles. The van der Waals surface area contributed by atoms with Crippen LogP contribution in [-0.2, 0) is 0 Å². The molecular weight excluding hydrogens is 301 g/mol. The Hall–Kier alpha value is -1.72. The fraction of sp³-hybridized carbons (Fsp3) is 0.353. The summed E-state index contributed by atoms with van der Waals surface area (Å²) in [6.45, 7) is 4.62. The number of aliphatic hydroxyl groups is 1. The van der Waals surface area contributed by atoms with Gasteiger partial charge in [0.05, 0.1) is 4.88 Å². The van der Waals surface area contributed by atoms with Crippen molar-refractivity contribution in [1.82, 2.24) is 5.32 Å². The number of halogens is 1. The third-order valence-electron chi connectivity index (χ3n) is 3.47. The molecule has 0 atom stereocenters. The first-order chi connectivity index (χ1) is 10.4. The van der Waals surface area contributed by atoms with Crippen LogP contribution in [0.2, 0.25) is 0 Å². The molecule has 3 nitrogen and oxygen atoms in total. The maximum absolute atomic E-state index is 12.9. The standard InChI is InChI=1S/C17H20FNO2S/c1-17(2,9-10-20)11-19-16(21)15-8-7-14(22-15)12-3-5-13(18)6-4-12/h3-8,20H,9-11H2,1-2H3,(H,19,21). The van der Waals surface area contributed by atoms with Gasteiger partial charge in [-0.05, 0) is 41.7 Å². The van der Waals surface area contributed by atoms with Crippen molar-refractivity contribution < 1.29 is 14.3 Å². The van der Waals surface area contributed by atoms with Crippen LogP contribution >= 0.6 is 11.3 Å². The van der Waals surface area contributed by atoms with E-state index in [1.807, 2.05) is 19.9 Å². The lowest BCUT2D eigenvalue weighted by atomic mass is 9.90. The topological polar surface area (TPSA) is 49.3 Å². The first-order valence-corrected chi connectivity index (χ1v) is 7.98. The average Bonchev–Trinajstić information content (AvgIpc) is 2.95. The molecule has 0 spiro atoms. The van der Waals surface area contributed by atoms with E-state index in [9.17, 15) is 9.18 Å². The minimum absolute atomic E-state index is 0.108. The minimum Gasteiger partial charge on any atom is -0.396 e. The molecule has 5 heteroatoms. The molecule has 2 N–H and O–H groups in total. The van der Waals surface area contributed by atoms with Crippen molar-refractivity contribution in [3.8, 4) is 10.4 Å². The van der Waals surface area contributed by atoms with Crippen molar-refractivity contribution in [2.24, 2.45) is 5.41 Å². The van der Waals surface area contributed by atoms with E-state index in [0.29, 0.717) is 17.8 Å². The van der Waals surface area contributed by atoms with E-state index < -0.39 is 0 Å². The molecule has 1 heterocycles. The summed E-state index contributed by atoms with van der Waals surface area (Å²) in [5.41, 5.74) is 0.757. The Morgan fingerprint density at radius 1 is 1.23 bits per heavy atom. The van der Waals surface area contributed by atoms with Crippen LogP contribution in [-0.4, -0.2) is 24.2 Å². The molecule has 0 aliphatic carbocycles. The van der Waals surface area contributed by atoms with Gasteiger partial charge in [0.2, 0.25) is 0 Å². The molecule has 2 aromatic rings. The Bertz CT molecular complexity index is 634. The van der Waals surface area contributed by atoms with Gasteiger partial charge in [0.15, 0.2) is 0 Å². The zero-order chi connectivity index (χ0) is 16.2. The molecular formula is C17H20FNO2S. The second-order valence-corrected chi connectivity index (χ2v) is 7.08. The molecule has 1 amide bonds. The van der Waals surface area contributed by atoms with E-state index in [4.69, 9.17) is 5.11 Å². The van der Waals surface area contributed by atoms with Gasteiger partial charge in [-0.1, -0.05) is 26.0 Å². The molecule has 118 valence electrons. The number of benzene rings is 1. The van der Waals surface area contributed by atoms with Crippen LogP contribution in [0, 0.1) is 11.2 Å². The van der Waals surface area contributed by atoms with E-state index in [0.717, 1.165) is 10.4 Å². The quantitative estimate of drug-likeness (QED) is 0.852. The fourth-order valence-corrected chi connectivity index (χ4v) is 2.95. The van der Waals surface area contributed by atoms with E-state index in [1.54, 1.807) is 18.2 Å². The number of amides is 1. The number of rotatable bonds is 6. The highest BCUT2D eigenvalue weighted by molar-refractivity contribution is 7.17. The molecule has 0 saturated heterocycles. The molecule has 2 rings (SSSR count). The summed E-state index contributed by atoms with van der Waals surface area (Å²) in [6.07, 6.45) is 0.637. The van der Waals surface area contributed by atoms with E-state index in [1.165, 1.54) is 23.5 Å². The summed E-state index contributed by atoms with van der Waals surface area (Å²) in [5, 5.41) is 11.9. The summed E-state index contributed by atoms with van der Waals surface area (Å²) in [5.74, 6) is -0.395. The zero-order valence-electron chi connectivity index (χ0n) is 12.7. The first kappa shape index (κ1) is 16.6. The molecule has 1 aromatic heterocycles. The van der Waals surface area contributed by atoms with Crippen LogP contribution in [0.1, 0.15) is 29.9 Å². The van der Waals surface area contributed by atoms with Gasteiger partial charge in [-0.2, -0.15) is 0 Å². The molecule has 0 unspecified atom stereocenters. The second kappa shape index (κ2) is 7.03. The Kier molecular flexibility index (Phi) is 5.32. The monoisotopic (exact) mass is 321 g/mol. The summed E-state index contributed by atoms with van der Waals surface area (Å²) < 4.78 is 12.9. The molecule has 0 radical (unpaired) electrons. The Labute approximate surface area is 133 Å². The number of hydrogen-bond donors (Lipinski definition) is 2. The summed E-state index contributed by atoms with van der Waals surface area (Å²) in [6, 6.07) is 9.86. The van der Waals surface area contributed by atoms with Crippen molar-refractivity contribution in [3.05, 3.63) is 47.1 Å². The number of hydrogen-bond acceptors (Lipinski definition) is 3. The van der Waals surface area contributed by atoms with Gasteiger partial charge in [-0.15, -0.1) is 11.3 Å². The molecule has 0 fully saturated rings. The molecule has 0 aliphatic rings. The van der Waals surface area contributed by atoms with Gasteiger partial charge in [0.1, 0.15) is 5.82 Å². The molecule has 0 aliphatic heterocycles. The highest BCUT2D eigenvalue weighted by atomic mass is 32.1. The Balaban J connectivity index is 2.02. The predicted octanol–water partition coefficient (Wildman–Crippen LogP) is 3.69. The number of nitrogens with one attached hydrogen (secondary N) is 1. The molecule has 22 heavy (non-hydrogen) atoms. The van der Waals surface area contributed by atoms with Crippen LogP contribution in [0.25, 0.3) is 10.4 Å². The van der Waals surface area contributed by atoms with Crippen LogP contribution in [0.15, 0.2) is 36.4 Å². The van der Waals surface area contributed by atoms with Gasteiger partial charge in [0.25, 0.3) is 5.91 Å². The molecule has 0 bridgehead atoms. The number of carbonyl (C=O) groups is 1. The lowest BCUT2D eigenvalue weighted by molar-refractivity contribution is 0.0932. The van der Waals surface area contributed by atoms with Crippen LogP contribution < -0.4 is 5.32 Å². The van der Waals surface area contributed by atoms with Gasteiger partial charge in [0, 0.05) is 18.0 Å². The van der Waals surface area contributed by atoms with Gasteiger partial charge in [-0.25, -0.2) is 4.39 Å². The van der Waals surface area contributed by atoms with Crippen molar-refractivity contribution in [3.63, 3.8) is 0 Å². The summed E-state index contributed by atoms with van der Waals surface area (Å²) in [7, 11) is 0. The summed E-state index contributed by atoms with van der Waals surface area (Å²) in [4.78, 5) is 13.7. The lowest BCUT2D eigenvalue weighted by Gasteiger charge is -2.23. The number of carbonyl (C=O) groups excluding carboxylic acids is 1. The molecule has 1 aromatic carbocycles. The predicted molar refractivity (Wildman–Crippen MR) is 87.5 cm³/mol. The maximum Gasteiger partial charge on any atom is 0.261 e. The van der Waals surface area contributed by atoms with Gasteiger partial charge < -0.3 is 10.4 Å². The fourth-order valence-electron chi connectivity index (χ4n) is 2.03. The Morgan fingerprint density at radius 3 is 2.55 bits per heavy atom. The lowest BCUT2D eigenvalue weighted by Crippen LogP contribution is -2.34. The van der Waals surface area contributed by atoms with Crippen LogP contribution in [0.4, 0.5) is 4.39 Å². The SMILES string of the molecule is CC(C)(CCO)CNC(=O)c1ccc(-c2ccc(F)cc2)s1. The van der Waals surface area contributed by atoms with Crippen LogP contribution in [0.5, 0.6) is 0 Å². The first-order valence-electron chi connectivity index (χ1n) is 7.16. The van der Waals surface area contributed by atoms with Crippen molar-refractivity contribution in [1.29, 1.82) is 0 Å². The summed E-state index contributed by atoms with van der Waals surface area (Å²) >= 11 is 1.38. The smallest absolute Gasteiger partial charge is 0.261 e. The normalized spacial score (nSPS) is 11.5. The highest BCUT2D eigenvalue weighted by Gasteiger charge is 2.19. The third kappa shape index (κ3) is 4.39. The van der Waals surface area contributed by atoms with Crippen LogP contribution in [0.3, 0.4) is 0 Å². The number of thiophene rings is 1.